The molecule has 0 aromatic carbocycles. The lowest BCUT2D eigenvalue weighted by atomic mass is 9.97. The van der Waals surface area contributed by atoms with Gasteiger partial charge in [-0.25, -0.2) is 0 Å². The van der Waals surface area contributed by atoms with Crippen molar-refractivity contribution in [3.63, 3.8) is 0 Å². The van der Waals surface area contributed by atoms with Crippen LogP contribution < -0.4 is 5.73 Å². The molecule has 1 aliphatic carbocycles. The maximum absolute atomic E-state index is 6.03. The van der Waals surface area contributed by atoms with Crippen LogP contribution in [0.25, 0.3) is 0 Å². The average Bonchev–Trinajstić information content (AvgIpc) is 3.02. The fraction of sp³-hybridized carbons (Fsp3) is 0.625. The number of allylic oxidation sites excluding steroid dienone is 2. The molecule has 4 heteroatoms. The first-order chi connectivity index (χ1) is 9.63. The van der Waals surface area contributed by atoms with Crippen LogP contribution >= 0.6 is 0 Å². The minimum atomic E-state index is 0.354. The molecule has 0 aromatic heterocycles. The van der Waals surface area contributed by atoms with Crippen molar-refractivity contribution in [3.05, 3.63) is 35.7 Å². The molecule has 0 bridgehead atoms. The summed E-state index contributed by atoms with van der Waals surface area (Å²) in [7, 11) is 4.27. The molecule has 2 N–H and O–H groups in total. The first kappa shape index (κ1) is 13.7. The van der Waals surface area contributed by atoms with E-state index in [9.17, 15) is 0 Å². The third-order valence-electron chi connectivity index (χ3n) is 4.55. The first-order valence-electron chi connectivity index (χ1n) is 7.63. The van der Waals surface area contributed by atoms with E-state index in [1.807, 2.05) is 0 Å². The Balaban J connectivity index is 1.65. The van der Waals surface area contributed by atoms with Gasteiger partial charge in [-0.1, -0.05) is 6.08 Å². The summed E-state index contributed by atoms with van der Waals surface area (Å²) in [5.74, 6) is 0. The van der Waals surface area contributed by atoms with E-state index in [2.05, 4.69) is 53.2 Å². The quantitative estimate of drug-likeness (QED) is 0.829. The molecule has 3 aliphatic rings. The highest BCUT2D eigenvalue weighted by Crippen LogP contribution is 2.32. The number of likely N-dealkylation sites (tertiary alicyclic amines) is 1. The van der Waals surface area contributed by atoms with Crippen LogP contribution in [0.4, 0.5) is 0 Å². The smallest absolute Gasteiger partial charge is 0.0592 e. The topological polar surface area (TPSA) is 35.7 Å². The highest BCUT2D eigenvalue weighted by atomic mass is 15.2. The normalized spacial score (nSPS) is 29.0. The summed E-state index contributed by atoms with van der Waals surface area (Å²) in [6.07, 6.45) is 11.4. The molecule has 0 amide bonds. The predicted molar refractivity (Wildman–Crippen MR) is 83.1 cm³/mol. The van der Waals surface area contributed by atoms with Gasteiger partial charge in [0.05, 0.1) is 6.04 Å². The number of hydrogen-bond acceptors (Lipinski definition) is 4. The SMILES string of the molecule is CN(C)CCN1C=CC2=CC=C(N3CCC(N)C3)CC21. The van der Waals surface area contributed by atoms with E-state index >= 15 is 0 Å². The molecule has 1 fully saturated rings. The van der Waals surface area contributed by atoms with Gasteiger partial charge in [0.15, 0.2) is 0 Å². The van der Waals surface area contributed by atoms with Gasteiger partial charge in [-0.3, -0.25) is 0 Å². The molecule has 4 nitrogen and oxygen atoms in total. The Hall–Kier alpha value is -1.26. The number of nitrogens with two attached hydrogens (primary N) is 1. The summed E-state index contributed by atoms with van der Waals surface area (Å²) in [6.45, 7) is 4.33. The van der Waals surface area contributed by atoms with Gasteiger partial charge in [0.1, 0.15) is 0 Å². The van der Waals surface area contributed by atoms with E-state index in [0.29, 0.717) is 12.1 Å². The van der Waals surface area contributed by atoms with Crippen molar-refractivity contribution in [2.75, 3.05) is 40.3 Å². The molecule has 2 unspecified atom stereocenters. The van der Waals surface area contributed by atoms with Crippen molar-refractivity contribution in [1.82, 2.24) is 14.7 Å². The Morgan fingerprint density at radius 1 is 1.35 bits per heavy atom. The minimum absolute atomic E-state index is 0.354. The molecule has 2 atom stereocenters. The van der Waals surface area contributed by atoms with E-state index in [1.54, 1.807) is 0 Å². The van der Waals surface area contributed by atoms with Crippen LogP contribution in [0.2, 0.25) is 0 Å². The zero-order valence-corrected chi connectivity index (χ0v) is 12.6. The van der Waals surface area contributed by atoms with Crippen molar-refractivity contribution in [2.24, 2.45) is 5.73 Å². The minimum Gasteiger partial charge on any atom is -0.373 e. The largest absolute Gasteiger partial charge is 0.373 e. The number of hydrogen-bond donors (Lipinski definition) is 1. The van der Waals surface area contributed by atoms with Crippen molar-refractivity contribution in [1.29, 1.82) is 0 Å². The van der Waals surface area contributed by atoms with Crippen molar-refractivity contribution >= 4 is 0 Å². The molecular weight excluding hydrogens is 248 g/mol. The predicted octanol–water partition coefficient (Wildman–Crippen LogP) is 0.993. The van der Waals surface area contributed by atoms with E-state index in [4.69, 9.17) is 5.73 Å². The molecular formula is C16H26N4. The highest BCUT2D eigenvalue weighted by molar-refractivity contribution is 5.39. The van der Waals surface area contributed by atoms with Gasteiger partial charge in [0.2, 0.25) is 0 Å². The van der Waals surface area contributed by atoms with Crippen molar-refractivity contribution in [3.8, 4) is 0 Å². The molecule has 2 heterocycles. The van der Waals surface area contributed by atoms with Crippen molar-refractivity contribution < 1.29 is 0 Å². The zero-order chi connectivity index (χ0) is 14.1. The Morgan fingerprint density at radius 3 is 2.90 bits per heavy atom. The fourth-order valence-electron chi connectivity index (χ4n) is 3.28. The second-order valence-corrected chi connectivity index (χ2v) is 6.40. The van der Waals surface area contributed by atoms with E-state index in [0.717, 1.165) is 39.0 Å². The maximum atomic E-state index is 6.03. The molecule has 110 valence electrons. The lowest BCUT2D eigenvalue weighted by molar-refractivity contribution is 0.263. The van der Waals surface area contributed by atoms with Gasteiger partial charge in [-0.05, 0) is 38.2 Å². The first-order valence-corrected chi connectivity index (χ1v) is 7.63. The van der Waals surface area contributed by atoms with Crippen LogP contribution in [0, 0.1) is 0 Å². The average molecular weight is 274 g/mol. The summed E-state index contributed by atoms with van der Waals surface area (Å²) in [6, 6.07) is 0.889. The van der Waals surface area contributed by atoms with Gasteiger partial charge < -0.3 is 20.4 Å². The lowest BCUT2D eigenvalue weighted by Crippen LogP contribution is -2.37. The molecule has 20 heavy (non-hydrogen) atoms. The third-order valence-corrected chi connectivity index (χ3v) is 4.55. The van der Waals surface area contributed by atoms with E-state index in [-0.39, 0.29) is 0 Å². The molecule has 0 aromatic rings. The molecule has 0 saturated carbocycles. The van der Waals surface area contributed by atoms with Crippen LogP contribution in [-0.4, -0.2) is 67.1 Å². The van der Waals surface area contributed by atoms with Crippen LogP contribution in [0.3, 0.4) is 0 Å². The number of nitrogens with zero attached hydrogens (tertiary/aromatic N) is 3. The lowest BCUT2D eigenvalue weighted by Gasteiger charge is -2.33. The summed E-state index contributed by atoms with van der Waals surface area (Å²) >= 11 is 0. The number of fused-ring (bicyclic) bond motifs is 1. The fourth-order valence-corrected chi connectivity index (χ4v) is 3.28. The van der Waals surface area contributed by atoms with Crippen molar-refractivity contribution in [2.45, 2.75) is 24.9 Å². The zero-order valence-electron chi connectivity index (χ0n) is 12.6. The van der Waals surface area contributed by atoms with E-state index in [1.165, 1.54) is 11.3 Å². The standard InChI is InChI=1S/C16H26N4/c1-18(2)9-10-19-7-5-13-3-4-15(11-16(13)19)20-8-6-14(17)12-20/h3-5,7,14,16H,6,8-12,17H2,1-2H3. The van der Waals surface area contributed by atoms with Crippen LogP contribution in [0.5, 0.6) is 0 Å². The molecule has 3 rings (SSSR count). The second-order valence-electron chi connectivity index (χ2n) is 6.40. The van der Waals surface area contributed by atoms with Gasteiger partial charge in [0, 0.05) is 50.5 Å². The maximum Gasteiger partial charge on any atom is 0.0592 e. The Kier molecular flexibility index (Phi) is 3.85. The molecule has 0 spiro atoms. The van der Waals surface area contributed by atoms with Gasteiger partial charge in [-0.2, -0.15) is 0 Å². The highest BCUT2D eigenvalue weighted by Gasteiger charge is 2.30. The monoisotopic (exact) mass is 274 g/mol. The summed E-state index contributed by atoms with van der Waals surface area (Å²) < 4.78 is 0. The van der Waals surface area contributed by atoms with Crippen LogP contribution in [0.15, 0.2) is 35.7 Å². The summed E-state index contributed by atoms with van der Waals surface area (Å²) in [4.78, 5) is 7.20. The molecule has 0 radical (unpaired) electrons. The van der Waals surface area contributed by atoms with Gasteiger partial charge in [0.25, 0.3) is 0 Å². The van der Waals surface area contributed by atoms with E-state index < -0.39 is 0 Å². The van der Waals surface area contributed by atoms with Crippen LogP contribution in [0.1, 0.15) is 12.8 Å². The molecule has 2 aliphatic heterocycles. The Morgan fingerprint density at radius 2 is 2.20 bits per heavy atom. The Labute approximate surface area is 122 Å². The summed E-state index contributed by atoms with van der Waals surface area (Å²) in [5, 5.41) is 0. The van der Waals surface area contributed by atoms with Crippen LogP contribution in [-0.2, 0) is 0 Å². The van der Waals surface area contributed by atoms with Gasteiger partial charge in [-0.15, -0.1) is 0 Å². The van der Waals surface area contributed by atoms with Gasteiger partial charge >= 0.3 is 0 Å². The summed E-state index contributed by atoms with van der Waals surface area (Å²) in [5.41, 5.74) is 8.95. The molecule has 1 saturated heterocycles. The number of rotatable bonds is 4. The Bertz CT molecular complexity index is 449. The number of likely N-dealkylation sites (N-methyl/N-ethyl adjacent to an activating group) is 1. The third kappa shape index (κ3) is 2.76. The second kappa shape index (κ2) is 5.62.